The van der Waals surface area contributed by atoms with Crippen molar-refractivity contribution < 1.29 is 27.8 Å². The van der Waals surface area contributed by atoms with E-state index in [0.29, 0.717) is 16.5 Å². The first-order chi connectivity index (χ1) is 12.8. The summed E-state index contributed by atoms with van der Waals surface area (Å²) in [5.41, 5.74) is 0.369. The van der Waals surface area contributed by atoms with Crippen molar-refractivity contribution in [2.24, 2.45) is 0 Å². The van der Waals surface area contributed by atoms with Crippen LogP contribution in [0.15, 0.2) is 36.4 Å². The zero-order valence-electron chi connectivity index (χ0n) is 14.6. The molecule has 144 valence electrons. The number of carbonyl (C=O) groups excluding carboxylic acids is 2. The van der Waals surface area contributed by atoms with E-state index in [4.69, 9.17) is 21.1 Å². The Kier molecular flexibility index (Phi) is 6.95. The lowest BCUT2D eigenvalue weighted by Crippen LogP contribution is -2.37. The fraction of sp³-hybridized carbons (Fsp3) is 0.222. The number of hydrogen-bond donors (Lipinski definition) is 1. The number of nitrogens with one attached hydrogen (secondary N) is 1. The highest BCUT2D eigenvalue weighted by Gasteiger charge is 2.16. The first kappa shape index (κ1) is 20.4. The third kappa shape index (κ3) is 5.82. The van der Waals surface area contributed by atoms with Crippen LogP contribution in [0.2, 0.25) is 5.02 Å². The van der Waals surface area contributed by atoms with Gasteiger partial charge in [-0.1, -0.05) is 11.6 Å². The summed E-state index contributed by atoms with van der Waals surface area (Å²) in [6.07, 6.45) is 0. The number of rotatable bonds is 7. The minimum Gasteiger partial charge on any atom is -0.495 e. The lowest BCUT2D eigenvalue weighted by atomic mass is 10.3. The maximum atomic E-state index is 13.1. The molecule has 2 rings (SSSR count). The SMILES string of the molecule is COc1ccc(Cl)cc1NC(=O)CN(C)C(=O)COc1ccc(F)c(F)c1. The highest BCUT2D eigenvalue weighted by molar-refractivity contribution is 6.31. The van der Waals surface area contributed by atoms with Crippen LogP contribution < -0.4 is 14.8 Å². The molecule has 0 spiro atoms. The predicted molar refractivity (Wildman–Crippen MR) is 96.1 cm³/mol. The van der Waals surface area contributed by atoms with E-state index in [0.717, 1.165) is 17.0 Å². The molecule has 0 fully saturated rings. The van der Waals surface area contributed by atoms with Crippen LogP contribution in [0.5, 0.6) is 11.5 Å². The molecule has 9 heteroatoms. The molecule has 0 aliphatic rings. The van der Waals surface area contributed by atoms with Gasteiger partial charge in [-0.2, -0.15) is 0 Å². The third-order valence-corrected chi connectivity index (χ3v) is 3.73. The Hall–Kier alpha value is -2.87. The number of anilines is 1. The van der Waals surface area contributed by atoms with Crippen LogP contribution in [0.4, 0.5) is 14.5 Å². The van der Waals surface area contributed by atoms with Crippen LogP contribution >= 0.6 is 11.6 Å². The highest BCUT2D eigenvalue weighted by Crippen LogP contribution is 2.27. The van der Waals surface area contributed by atoms with Crippen LogP contribution in [0.3, 0.4) is 0 Å². The molecule has 0 bridgehead atoms. The molecule has 2 aromatic carbocycles. The van der Waals surface area contributed by atoms with Gasteiger partial charge in [0.05, 0.1) is 19.3 Å². The van der Waals surface area contributed by atoms with Crippen molar-refractivity contribution in [1.82, 2.24) is 4.90 Å². The number of halogens is 3. The smallest absolute Gasteiger partial charge is 0.260 e. The zero-order chi connectivity index (χ0) is 20.0. The minimum atomic E-state index is -1.08. The predicted octanol–water partition coefficient (Wildman–Crippen LogP) is 3.10. The van der Waals surface area contributed by atoms with Crippen molar-refractivity contribution in [1.29, 1.82) is 0 Å². The molecule has 0 unspecified atom stereocenters. The largest absolute Gasteiger partial charge is 0.495 e. The Bertz CT molecular complexity index is 848. The monoisotopic (exact) mass is 398 g/mol. The fourth-order valence-corrected chi connectivity index (χ4v) is 2.27. The molecular formula is C18H17ClF2N2O4. The van der Waals surface area contributed by atoms with E-state index in [1.165, 1.54) is 26.3 Å². The van der Waals surface area contributed by atoms with Gasteiger partial charge in [0.15, 0.2) is 18.2 Å². The molecule has 0 saturated heterocycles. The summed E-state index contributed by atoms with van der Waals surface area (Å²) in [6.45, 7) is -0.690. The first-order valence-corrected chi connectivity index (χ1v) is 8.13. The molecule has 6 nitrogen and oxygen atoms in total. The Morgan fingerprint density at radius 2 is 1.89 bits per heavy atom. The first-order valence-electron chi connectivity index (χ1n) is 7.75. The second-order valence-corrected chi connectivity index (χ2v) is 5.94. The summed E-state index contributed by atoms with van der Waals surface area (Å²) in [5.74, 6) is -2.67. The summed E-state index contributed by atoms with van der Waals surface area (Å²) in [6, 6.07) is 7.66. The van der Waals surface area contributed by atoms with Gasteiger partial charge in [-0.3, -0.25) is 9.59 Å². The van der Waals surface area contributed by atoms with Crippen molar-refractivity contribution in [2.45, 2.75) is 0 Å². The number of methoxy groups -OCH3 is 1. The maximum Gasteiger partial charge on any atom is 0.260 e. The number of carbonyl (C=O) groups is 2. The fourth-order valence-electron chi connectivity index (χ4n) is 2.09. The minimum absolute atomic E-state index is 0.00349. The molecule has 0 heterocycles. The summed E-state index contributed by atoms with van der Waals surface area (Å²) in [4.78, 5) is 25.3. The quantitative estimate of drug-likeness (QED) is 0.778. The summed E-state index contributed by atoms with van der Waals surface area (Å²) in [7, 11) is 2.86. The van der Waals surface area contributed by atoms with Crippen molar-refractivity contribution >= 4 is 29.1 Å². The van der Waals surface area contributed by atoms with E-state index in [1.54, 1.807) is 12.1 Å². The van der Waals surface area contributed by atoms with Crippen LogP contribution in [-0.4, -0.2) is 44.0 Å². The molecule has 0 atom stereocenters. The number of benzene rings is 2. The molecular weight excluding hydrogens is 382 g/mol. The molecule has 0 aromatic heterocycles. The van der Waals surface area contributed by atoms with E-state index >= 15 is 0 Å². The Morgan fingerprint density at radius 3 is 2.56 bits per heavy atom. The molecule has 0 saturated carbocycles. The van der Waals surface area contributed by atoms with Gasteiger partial charge in [0.25, 0.3) is 5.91 Å². The van der Waals surface area contributed by atoms with Gasteiger partial charge in [-0.15, -0.1) is 0 Å². The zero-order valence-corrected chi connectivity index (χ0v) is 15.3. The summed E-state index contributed by atoms with van der Waals surface area (Å²) < 4.78 is 36.2. The van der Waals surface area contributed by atoms with Crippen LogP contribution in [0.1, 0.15) is 0 Å². The van der Waals surface area contributed by atoms with E-state index in [2.05, 4.69) is 5.32 Å². The number of amides is 2. The number of likely N-dealkylation sites (N-methyl/N-ethyl adjacent to an activating group) is 1. The molecule has 2 aromatic rings. The second kappa shape index (κ2) is 9.18. The van der Waals surface area contributed by atoms with Gasteiger partial charge >= 0.3 is 0 Å². The van der Waals surface area contributed by atoms with Gasteiger partial charge in [0.2, 0.25) is 5.91 Å². The van der Waals surface area contributed by atoms with Crippen molar-refractivity contribution in [2.75, 3.05) is 32.6 Å². The van der Waals surface area contributed by atoms with Gasteiger partial charge in [0.1, 0.15) is 11.5 Å². The average molecular weight is 399 g/mol. The van der Waals surface area contributed by atoms with Gasteiger partial charge in [0, 0.05) is 18.1 Å². The normalized spacial score (nSPS) is 10.3. The van der Waals surface area contributed by atoms with Crippen molar-refractivity contribution in [3.8, 4) is 11.5 Å². The molecule has 1 N–H and O–H groups in total. The van der Waals surface area contributed by atoms with Gasteiger partial charge in [-0.25, -0.2) is 8.78 Å². The molecule has 0 radical (unpaired) electrons. The average Bonchev–Trinajstić information content (AvgIpc) is 2.62. The molecule has 0 aliphatic carbocycles. The van der Waals surface area contributed by atoms with Crippen LogP contribution in [0.25, 0.3) is 0 Å². The van der Waals surface area contributed by atoms with Gasteiger partial charge in [-0.05, 0) is 30.3 Å². The number of nitrogens with zero attached hydrogens (tertiary/aromatic N) is 1. The van der Waals surface area contributed by atoms with E-state index in [-0.39, 0.29) is 12.3 Å². The Morgan fingerprint density at radius 1 is 1.15 bits per heavy atom. The maximum absolute atomic E-state index is 13.1. The van der Waals surface area contributed by atoms with Crippen molar-refractivity contribution in [3.63, 3.8) is 0 Å². The third-order valence-electron chi connectivity index (χ3n) is 3.50. The standard InChI is InChI=1S/C18H17ClF2N2O4/c1-23(18(25)10-27-12-4-5-13(20)14(21)8-12)9-17(24)22-15-7-11(19)3-6-16(15)26-2/h3-8H,9-10H2,1-2H3,(H,22,24). The van der Waals surface area contributed by atoms with Crippen molar-refractivity contribution in [3.05, 3.63) is 53.1 Å². The summed E-state index contributed by atoms with van der Waals surface area (Å²) >= 11 is 5.90. The topological polar surface area (TPSA) is 67.9 Å². The lowest BCUT2D eigenvalue weighted by Gasteiger charge is -2.18. The van der Waals surface area contributed by atoms with Gasteiger partial charge < -0.3 is 19.7 Å². The second-order valence-electron chi connectivity index (χ2n) is 5.51. The summed E-state index contributed by atoms with van der Waals surface area (Å²) in [5, 5.41) is 3.01. The number of hydrogen-bond acceptors (Lipinski definition) is 4. The Labute approximate surface area is 159 Å². The molecule has 0 aliphatic heterocycles. The molecule has 27 heavy (non-hydrogen) atoms. The van der Waals surface area contributed by atoms with E-state index in [9.17, 15) is 18.4 Å². The van der Waals surface area contributed by atoms with Crippen LogP contribution in [-0.2, 0) is 9.59 Å². The van der Waals surface area contributed by atoms with Crippen LogP contribution in [0, 0.1) is 11.6 Å². The molecule has 2 amide bonds. The van der Waals surface area contributed by atoms with E-state index < -0.39 is 30.1 Å². The lowest BCUT2D eigenvalue weighted by molar-refractivity contribution is -0.135. The number of ether oxygens (including phenoxy) is 2. The Balaban J connectivity index is 1.89. The highest BCUT2D eigenvalue weighted by atomic mass is 35.5. The van der Waals surface area contributed by atoms with E-state index in [1.807, 2.05) is 0 Å².